The first kappa shape index (κ1) is 33.1. The average molecular weight is 629 g/mol. The minimum atomic E-state index is -1.22. The molecule has 2 aromatic heterocycles. The van der Waals surface area contributed by atoms with Gasteiger partial charge in [0.25, 0.3) is 0 Å². The van der Waals surface area contributed by atoms with Crippen molar-refractivity contribution < 1.29 is 23.8 Å². The van der Waals surface area contributed by atoms with Crippen LogP contribution in [-0.2, 0) is 23.0 Å². The van der Waals surface area contributed by atoms with Gasteiger partial charge in [-0.25, -0.2) is 9.18 Å². The number of aryl methyl sites for hydroxylation is 2. The molecule has 1 saturated heterocycles. The Morgan fingerprint density at radius 3 is 2.26 bits per heavy atom. The van der Waals surface area contributed by atoms with Gasteiger partial charge in [0.2, 0.25) is 0 Å². The van der Waals surface area contributed by atoms with Crippen LogP contribution in [0, 0.1) is 18.2 Å². The van der Waals surface area contributed by atoms with E-state index in [0.29, 0.717) is 41.4 Å². The van der Waals surface area contributed by atoms with Gasteiger partial charge in [-0.1, -0.05) is 38.1 Å². The molecule has 1 atom stereocenters. The molecule has 46 heavy (non-hydrogen) atoms. The predicted molar refractivity (Wildman–Crippen MR) is 179 cm³/mol. The van der Waals surface area contributed by atoms with Gasteiger partial charge >= 0.3 is 5.97 Å². The predicted octanol–water partition coefficient (Wildman–Crippen LogP) is 7.79. The molecule has 2 aromatic carbocycles. The van der Waals surface area contributed by atoms with Crippen molar-refractivity contribution in [3.63, 3.8) is 0 Å². The fourth-order valence-corrected chi connectivity index (χ4v) is 5.92. The number of rotatable bonds is 10. The molecule has 244 valence electrons. The molecule has 4 aromatic rings. The van der Waals surface area contributed by atoms with E-state index in [1.165, 1.54) is 12.1 Å². The molecule has 5 rings (SSSR count). The zero-order chi connectivity index (χ0) is 33.2. The number of aliphatic carboxylic acids is 1. The van der Waals surface area contributed by atoms with Crippen molar-refractivity contribution >= 4 is 11.7 Å². The Hall–Kier alpha value is -4.24. The maximum atomic E-state index is 13.3. The minimum absolute atomic E-state index is 0.184. The summed E-state index contributed by atoms with van der Waals surface area (Å²) in [5, 5.41) is 15.3. The zero-order valence-corrected chi connectivity index (χ0v) is 27.9. The Labute approximate surface area is 271 Å². The largest absolute Gasteiger partial charge is 0.493 e. The maximum absolute atomic E-state index is 13.3. The van der Waals surface area contributed by atoms with Crippen LogP contribution in [0.1, 0.15) is 70.4 Å². The zero-order valence-electron chi connectivity index (χ0n) is 27.9. The normalized spacial score (nSPS) is 15.5. The van der Waals surface area contributed by atoms with E-state index in [-0.39, 0.29) is 11.2 Å². The topological polar surface area (TPSA) is 89.7 Å². The molecule has 8 nitrogen and oxygen atoms in total. The van der Waals surface area contributed by atoms with Gasteiger partial charge in [0.1, 0.15) is 23.0 Å². The highest BCUT2D eigenvalue weighted by Gasteiger charge is 2.37. The Morgan fingerprint density at radius 1 is 1.04 bits per heavy atom. The monoisotopic (exact) mass is 628 g/mol. The number of ether oxygens (including phenoxy) is 2. The third-order valence-electron chi connectivity index (χ3n) is 8.46. The van der Waals surface area contributed by atoms with E-state index in [2.05, 4.69) is 18.7 Å². The summed E-state index contributed by atoms with van der Waals surface area (Å²) in [6.45, 7) is 14.0. The number of carbonyl (C=O) groups is 1. The highest BCUT2D eigenvalue weighted by molar-refractivity contribution is 5.94. The van der Waals surface area contributed by atoms with Crippen LogP contribution in [-0.4, -0.2) is 51.1 Å². The van der Waals surface area contributed by atoms with E-state index >= 15 is 0 Å². The molecular weight excluding hydrogens is 583 g/mol. The van der Waals surface area contributed by atoms with Gasteiger partial charge in [0.05, 0.1) is 17.9 Å². The van der Waals surface area contributed by atoms with Crippen LogP contribution in [0.25, 0.3) is 22.5 Å². The number of hydrogen-bond acceptors (Lipinski definition) is 6. The van der Waals surface area contributed by atoms with Crippen molar-refractivity contribution in [2.45, 2.75) is 72.5 Å². The molecule has 3 heterocycles. The lowest BCUT2D eigenvalue weighted by Gasteiger charge is -2.41. The summed E-state index contributed by atoms with van der Waals surface area (Å²) in [4.78, 5) is 20.3. The summed E-state index contributed by atoms with van der Waals surface area (Å²) in [5.74, 6) is -0.613. The number of pyridine rings is 1. The van der Waals surface area contributed by atoms with Crippen LogP contribution >= 0.6 is 0 Å². The van der Waals surface area contributed by atoms with Crippen LogP contribution in [0.4, 0.5) is 10.1 Å². The van der Waals surface area contributed by atoms with Gasteiger partial charge in [-0.3, -0.25) is 9.67 Å². The second-order valence-corrected chi connectivity index (χ2v) is 13.9. The first-order valence-corrected chi connectivity index (χ1v) is 15.9. The summed E-state index contributed by atoms with van der Waals surface area (Å²) in [7, 11) is 1.87. The molecule has 1 aliphatic rings. The maximum Gasteiger partial charge on any atom is 0.337 e. The molecular formula is C37H45FN4O4. The second kappa shape index (κ2) is 13.2. The number of carboxylic acids is 1. The molecule has 9 heteroatoms. The van der Waals surface area contributed by atoms with Crippen LogP contribution in [0.2, 0.25) is 0 Å². The molecule has 0 aliphatic carbocycles. The Kier molecular flexibility index (Phi) is 9.54. The number of hydrogen-bond donors (Lipinski definition) is 1. The summed E-state index contributed by atoms with van der Waals surface area (Å²) >= 11 is 0. The van der Waals surface area contributed by atoms with Crippen molar-refractivity contribution in [2.75, 3.05) is 24.6 Å². The average Bonchev–Trinajstić information content (AvgIpc) is 3.42. The summed E-state index contributed by atoms with van der Waals surface area (Å²) in [6, 6.07) is 16.2. The van der Waals surface area contributed by atoms with Crippen LogP contribution in [0.3, 0.4) is 0 Å². The Bertz CT molecular complexity index is 1660. The highest BCUT2D eigenvalue weighted by Crippen LogP contribution is 2.47. The van der Waals surface area contributed by atoms with E-state index in [0.717, 1.165) is 48.3 Å². The number of piperidine rings is 1. The number of anilines is 1. The van der Waals surface area contributed by atoms with Crippen molar-refractivity contribution in [3.05, 3.63) is 83.4 Å². The summed E-state index contributed by atoms with van der Waals surface area (Å²) < 4.78 is 27.3. The van der Waals surface area contributed by atoms with Gasteiger partial charge in [0.15, 0.2) is 6.10 Å². The van der Waals surface area contributed by atoms with Gasteiger partial charge in [-0.2, -0.15) is 5.10 Å². The first-order valence-electron chi connectivity index (χ1n) is 15.9. The van der Waals surface area contributed by atoms with Crippen molar-refractivity contribution in [1.82, 2.24) is 14.8 Å². The Morgan fingerprint density at radius 2 is 1.70 bits per heavy atom. The fourth-order valence-electron chi connectivity index (χ4n) is 5.92. The SMILES string of the molecule is Cc1nc(-c2ccn(C)n2)c(-c2ccc(OCCc3ccc(F)cc3)cc2)c(N2CCC(C)(C)CC2)c1[C@H](OC(C)(C)C)C(=O)O. The molecule has 0 amide bonds. The smallest absolute Gasteiger partial charge is 0.337 e. The van der Waals surface area contributed by atoms with Crippen LogP contribution < -0.4 is 9.64 Å². The quantitative estimate of drug-likeness (QED) is 0.192. The summed E-state index contributed by atoms with van der Waals surface area (Å²) in [5.41, 5.74) is 5.55. The lowest BCUT2D eigenvalue weighted by Crippen LogP contribution is -2.39. The van der Waals surface area contributed by atoms with Gasteiger partial charge in [-0.05, 0) is 87.4 Å². The Balaban J connectivity index is 1.63. The minimum Gasteiger partial charge on any atom is -0.493 e. The standard InChI is InChI=1S/C37H45FN4O4/c1-24-30(34(35(43)44)46-36(2,3)4)33(42-21-18-37(5,6)19-22-42)31(32(39-24)29-16-20-41(7)40-29)26-10-14-28(15-11-26)45-23-17-25-8-12-27(38)13-9-25/h8-16,20,34H,17-19,21-23H2,1-7H3,(H,43,44)/t34-/m0/s1. The van der Waals surface area contributed by atoms with E-state index in [4.69, 9.17) is 19.6 Å². The van der Waals surface area contributed by atoms with E-state index < -0.39 is 17.7 Å². The molecule has 0 bridgehead atoms. The second-order valence-electron chi connectivity index (χ2n) is 13.9. The van der Waals surface area contributed by atoms with Crippen LogP contribution in [0.15, 0.2) is 60.8 Å². The molecule has 0 spiro atoms. The molecule has 0 radical (unpaired) electrons. The fraction of sp³-hybridized carbons (Fsp3) is 0.432. The first-order chi connectivity index (χ1) is 21.7. The van der Waals surface area contributed by atoms with E-state index in [1.807, 2.05) is 71.3 Å². The molecule has 1 N–H and O–H groups in total. The third kappa shape index (κ3) is 7.76. The van der Waals surface area contributed by atoms with Gasteiger partial charge < -0.3 is 19.5 Å². The van der Waals surface area contributed by atoms with E-state index in [9.17, 15) is 14.3 Å². The number of nitrogens with zero attached hydrogens (tertiary/aromatic N) is 4. The van der Waals surface area contributed by atoms with E-state index in [1.54, 1.807) is 16.8 Å². The molecule has 1 fully saturated rings. The van der Waals surface area contributed by atoms with Gasteiger partial charge in [-0.15, -0.1) is 0 Å². The lowest BCUT2D eigenvalue weighted by molar-refractivity contribution is -0.160. The number of aromatic nitrogens is 3. The van der Waals surface area contributed by atoms with Crippen molar-refractivity contribution in [1.29, 1.82) is 0 Å². The van der Waals surface area contributed by atoms with Crippen molar-refractivity contribution in [2.24, 2.45) is 12.5 Å². The summed E-state index contributed by atoms with van der Waals surface area (Å²) in [6.07, 6.45) is 3.24. The van der Waals surface area contributed by atoms with Crippen LogP contribution in [0.5, 0.6) is 5.75 Å². The van der Waals surface area contributed by atoms with Gasteiger partial charge in [0, 0.05) is 49.6 Å². The molecule has 0 unspecified atom stereocenters. The highest BCUT2D eigenvalue weighted by atomic mass is 19.1. The number of carboxylic acid groups (broad SMARTS) is 1. The molecule has 0 saturated carbocycles. The molecule has 1 aliphatic heterocycles. The van der Waals surface area contributed by atoms with Crippen molar-refractivity contribution in [3.8, 4) is 28.3 Å². The number of halogens is 1. The third-order valence-corrected chi connectivity index (χ3v) is 8.46. The lowest BCUT2D eigenvalue weighted by atomic mass is 9.81. The number of benzene rings is 2.